The number of hydrogen-bond acceptors (Lipinski definition) is 3. The molecule has 0 spiro atoms. The van der Waals surface area contributed by atoms with E-state index in [1.54, 1.807) is 0 Å². The van der Waals surface area contributed by atoms with Gasteiger partial charge in [0.05, 0.1) is 0 Å². The Bertz CT molecular complexity index is 343. The van der Waals surface area contributed by atoms with E-state index >= 15 is 0 Å². The van der Waals surface area contributed by atoms with Crippen LogP contribution in [-0.4, -0.2) is 32.3 Å². The van der Waals surface area contributed by atoms with Crippen LogP contribution in [0.2, 0.25) is 0 Å². The summed E-state index contributed by atoms with van der Waals surface area (Å²) < 4.78 is 0. The minimum atomic E-state index is -0.694. The second kappa shape index (κ2) is 3.83. The van der Waals surface area contributed by atoms with Crippen LogP contribution in [0.1, 0.15) is 12.0 Å². The first-order valence-corrected chi connectivity index (χ1v) is 5.33. The molecule has 0 bridgehead atoms. The van der Waals surface area contributed by atoms with Gasteiger partial charge in [0.1, 0.15) is 5.60 Å². The Morgan fingerprint density at radius 3 is 2.67 bits per heavy atom. The Morgan fingerprint density at radius 2 is 2.07 bits per heavy atom. The molecule has 0 radical (unpaired) electrons. The van der Waals surface area contributed by atoms with E-state index in [2.05, 4.69) is 5.32 Å². The molecule has 1 fully saturated rings. The highest BCUT2D eigenvalue weighted by atomic mass is 16.3. The van der Waals surface area contributed by atoms with Crippen molar-refractivity contribution in [3.63, 3.8) is 0 Å². The minimum Gasteiger partial charge on any atom is -0.384 e. The maximum absolute atomic E-state index is 10.5. The molecule has 1 atom stereocenters. The highest BCUT2D eigenvalue weighted by Gasteiger charge is 2.34. The van der Waals surface area contributed by atoms with Crippen molar-refractivity contribution >= 4 is 5.69 Å². The molecule has 3 nitrogen and oxygen atoms in total. The largest absolute Gasteiger partial charge is 0.384 e. The van der Waals surface area contributed by atoms with E-state index in [0.29, 0.717) is 6.54 Å². The molecule has 1 heterocycles. The summed E-state index contributed by atoms with van der Waals surface area (Å²) in [5, 5.41) is 13.7. The second-order valence-electron chi connectivity index (χ2n) is 4.37. The van der Waals surface area contributed by atoms with Crippen molar-refractivity contribution in [2.45, 2.75) is 12.0 Å². The molecular formula is C12H18N2O. The zero-order chi connectivity index (χ0) is 10.9. The summed E-state index contributed by atoms with van der Waals surface area (Å²) in [6.45, 7) is 1.54. The van der Waals surface area contributed by atoms with Gasteiger partial charge in [0.25, 0.3) is 0 Å². The van der Waals surface area contributed by atoms with Gasteiger partial charge in [-0.1, -0.05) is 18.2 Å². The smallest absolute Gasteiger partial charge is 0.105 e. The molecule has 0 aliphatic carbocycles. The fraction of sp³-hybridized carbons (Fsp3) is 0.500. The number of hydrogen-bond donors (Lipinski definition) is 2. The van der Waals surface area contributed by atoms with Gasteiger partial charge in [0, 0.05) is 31.9 Å². The Labute approximate surface area is 90.7 Å². The number of aliphatic hydroxyl groups is 1. The molecule has 2 rings (SSSR count). The molecule has 82 valence electrons. The number of rotatable bonds is 2. The predicted octanol–water partition coefficient (Wildman–Crippen LogP) is 0.933. The van der Waals surface area contributed by atoms with Gasteiger partial charge in [-0.2, -0.15) is 0 Å². The van der Waals surface area contributed by atoms with Crippen molar-refractivity contribution in [2.24, 2.45) is 0 Å². The molecular weight excluding hydrogens is 188 g/mol. The maximum atomic E-state index is 10.5. The molecule has 1 unspecified atom stereocenters. The average molecular weight is 206 g/mol. The van der Waals surface area contributed by atoms with Gasteiger partial charge in [-0.15, -0.1) is 0 Å². The molecule has 1 aromatic carbocycles. The lowest BCUT2D eigenvalue weighted by Crippen LogP contribution is -2.30. The first-order chi connectivity index (χ1) is 7.13. The molecule has 0 aromatic heterocycles. The Morgan fingerprint density at radius 1 is 1.33 bits per heavy atom. The van der Waals surface area contributed by atoms with E-state index < -0.39 is 5.60 Å². The third kappa shape index (κ3) is 1.85. The molecule has 0 saturated carbocycles. The van der Waals surface area contributed by atoms with Gasteiger partial charge in [0.15, 0.2) is 0 Å². The average Bonchev–Trinajstić information content (AvgIpc) is 2.66. The van der Waals surface area contributed by atoms with Crippen LogP contribution in [0.15, 0.2) is 24.3 Å². The van der Waals surface area contributed by atoms with Gasteiger partial charge in [-0.25, -0.2) is 0 Å². The molecule has 1 aliphatic rings. The number of para-hydroxylation sites is 1. The first kappa shape index (κ1) is 10.5. The number of nitrogens with one attached hydrogen (secondary N) is 1. The van der Waals surface area contributed by atoms with Crippen molar-refractivity contribution in [3.05, 3.63) is 29.8 Å². The third-order valence-electron chi connectivity index (χ3n) is 3.02. The van der Waals surface area contributed by atoms with Crippen molar-refractivity contribution in [3.8, 4) is 0 Å². The zero-order valence-corrected chi connectivity index (χ0v) is 9.33. The van der Waals surface area contributed by atoms with E-state index in [1.807, 2.05) is 43.3 Å². The van der Waals surface area contributed by atoms with Gasteiger partial charge in [-0.05, 0) is 19.0 Å². The number of β-amino-alcohol motifs (C(OH)–C–C–N with tert-alkyl or cyclic N) is 1. The van der Waals surface area contributed by atoms with E-state index in [4.69, 9.17) is 0 Å². The van der Waals surface area contributed by atoms with Crippen LogP contribution >= 0.6 is 0 Å². The zero-order valence-electron chi connectivity index (χ0n) is 9.33. The minimum absolute atomic E-state index is 0.651. The summed E-state index contributed by atoms with van der Waals surface area (Å²) in [5.41, 5.74) is 1.43. The summed E-state index contributed by atoms with van der Waals surface area (Å²) in [5.74, 6) is 0. The van der Waals surface area contributed by atoms with E-state index in [1.165, 1.54) is 0 Å². The van der Waals surface area contributed by atoms with E-state index in [0.717, 1.165) is 24.2 Å². The monoisotopic (exact) mass is 206 g/mol. The summed E-state index contributed by atoms with van der Waals surface area (Å²) in [6.07, 6.45) is 0.790. The summed E-state index contributed by atoms with van der Waals surface area (Å²) in [4.78, 5) is 2.05. The number of nitrogens with zero attached hydrogens (tertiary/aromatic N) is 1. The molecule has 1 aromatic rings. The third-order valence-corrected chi connectivity index (χ3v) is 3.02. The van der Waals surface area contributed by atoms with Crippen LogP contribution < -0.4 is 10.2 Å². The quantitative estimate of drug-likeness (QED) is 0.755. The van der Waals surface area contributed by atoms with Crippen LogP contribution in [0.5, 0.6) is 0 Å². The molecule has 3 heteroatoms. The van der Waals surface area contributed by atoms with Crippen LogP contribution in [0.3, 0.4) is 0 Å². The second-order valence-corrected chi connectivity index (χ2v) is 4.37. The fourth-order valence-electron chi connectivity index (χ4n) is 2.17. The molecule has 2 N–H and O–H groups in total. The van der Waals surface area contributed by atoms with Crippen molar-refractivity contribution in [2.75, 3.05) is 32.1 Å². The SMILES string of the molecule is CN(C)c1ccccc1C1(O)CCNC1. The van der Waals surface area contributed by atoms with Crippen LogP contribution in [0, 0.1) is 0 Å². The Balaban J connectivity index is 2.42. The predicted molar refractivity (Wildman–Crippen MR) is 62.2 cm³/mol. The Kier molecular flexibility index (Phi) is 2.67. The maximum Gasteiger partial charge on any atom is 0.105 e. The van der Waals surface area contributed by atoms with Crippen molar-refractivity contribution < 1.29 is 5.11 Å². The van der Waals surface area contributed by atoms with Crippen LogP contribution in [0.4, 0.5) is 5.69 Å². The topological polar surface area (TPSA) is 35.5 Å². The summed E-state index contributed by atoms with van der Waals surface area (Å²) in [6, 6.07) is 8.05. The molecule has 1 saturated heterocycles. The highest BCUT2D eigenvalue weighted by Crippen LogP contribution is 2.33. The molecule has 0 amide bonds. The molecule has 1 aliphatic heterocycles. The van der Waals surface area contributed by atoms with Crippen LogP contribution in [0.25, 0.3) is 0 Å². The number of anilines is 1. The lowest BCUT2D eigenvalue weighted by Gasteiger charge is -2.27. The highest BCUT2D eigenvalue weighted by molar-refractivity contribution is 5.55. The normalized spacial score (nSPS) is 25.5. The lowest BCUT2D eigenvalue weighted by atomic mass is 9.91. The van der Waals surface area contributed by atoms with Gasteiger partial charge in [-0.3, -0.25) is 0 Å². The van der Waals surface area contributed by atoms with Crippen molar-refractivity contribution in [1.29, 1.82) is 0 Å². The molecule has 15 heavy (non-hydrogen) atoms. The van der Waals surface area contributed by atoms with Crippen LogP contribution in [-0.2, 0) is 5.60 Å². The number of benzene rings is 1. The van der Waals surface area contributed by atoms with Crippen molar-refractivity contribution in [1.82, 2.24) is 5.32 Å². The summed E-state index contributed by atoms with van der Waals surface area (Å²) in [7, 11) is 4.01. The van der Waals surface area contributed by atoms with Gasteiger partial charge in [0.2, 0.25) is 0 Å². The van der Waals surface area contributed by atoms with Gasteiger partial charge >= 0.3 is 0 Å². The standard InChI is InChI=1S/C12H18N2O/c1-14(2)11-6-4-3-5-10(11)12(15)7-8-13-9-12/h3-6,13,15H,7-9H2,1-2H3. The fourth-order valence-corrected chi connectivity index (χ4v) is 2.17. The first-order valence-electron chi connectivity index (χ1n) is 5.33. The van der Waals surface area contributed by atoms with E-state index in [-0.39, 0.29) is 0 Å². The summed E-state index contributed by atoms with van der Waals surface area (Å²) >= 11 is 0. The van der Waals surface area contributed by atoms with E-state index in [9.17, 15) is 5.11 Å². The Hall–Kier alpha value is -1.06. The lowest BCUT2D eigenvalue weighted by molar-refractivity contribution is 0.0592. The van der Waals surface area contributed by atoms with Gasteiger partial charge < -0.3 is 15.3 Å².